The van der Waals surface area contributed by atoms with Crippen molar-refractivity contribution in [2.24, 2.45) is 0 Å². The number of rotatable bonds is 5. The first-order valence-corrected chi connectivity index (χ1v) is 7.25. The number of benzene rings is 1. The Morgan fingerprint density at radius 2 is 1.90 bits per heavy atom. The summed E-state index contributed by atoms with van der Waals surface area (Å²) in [5.74, 6) is 1.68. The smallest absolute Gasteiger partial charge is 0.226 e. The van der Waals surface area contributed by atoms with Crippen LogP contribution in [-0.4, -0.2) is 37.6 Å². The van der Waals surface area contributed by atoms with Gasteiger partial charge in [0.2, 0.25) is 5.91 Å². The molecule has 0 atom stereocenters. The highest BCUT2D eigenvalue weighted by molar-refractivity contribution is 5.79. The zero-order chi connectivity index (χ0) is 14.5. The molecule has 4 nitrogen and oxygen atoms in total. The van der Waals surface area contributed by atoms with Crippen LogP contribution in [0.25, 0.3) is 0 Å². The number of ether oxygens (including phenoxy) is 2. The summed E-state index contributed by atoms with van der Waals surface area (Å²) in [5, 5.41) is 0. The summed E-state index contributed by atoms with van der Waals surface area (Å²) in [7, 11) is 1.87. The zero-order valence-corrected chi connectivity index (χ0v) is 12.6. The van der Waals surface area contributed by atoms with E-state index in [9.17, 15) is 4.79 Å². The standard InChI is InChI=1S/C16H23NO3/c1-4-5-6-17(3)16(18)11-13-10-15-14(9-12(13)2)19-7-8-20-15/h9-10H,4-8,11H2,1-3H3. The SMILES string of the molecule is CCCCN(C)C(=O)Cc1cc2c(cc1C)OCCO2. The Balaban J connectivity index is 2.07. The molecule has 0 N–H and O–H groups in total. The second-order valence-corrected chi connectivity index (χ2v) is 5.27. The molecule has 1 aliphatic heterocycles. The Hall–Kier alpha value is -1.71. The maximum absolute atomic E-state index is 12.2. The molecule has 4 heteroatoms. The van der Waals surface area contributed by atoms with Gasteiger partial charge in [0, 0.05) is 13.6 Å². The fourth-order valence-electron chi connectivity index (χ4n) is 2.24. The molecule has 1 aromatic rings. The molecule has 110 valence electrons. The minimum atomic E-state index is 0.151. The molecule has 1 aromatic carbocycles. The van der Waals surface area contributed by atoms with Crippen molar-refractivity contribution in [3.8, 4) is 11.5 Å². The van der Waals surface area contributed by atoms with Crippen LogP contribution in [0, 0.1) is 6.92 Å². The minimum Gasteiger partial charge on any atom is -0.486 e. The first-order valence-electron chi connectivity index (χ1n) is 7.25. The number of likely N-dealkylation sites (N-methyl/N-ethyl adjacent to an activating group) is 1. The second kappa shape index (κ2) is 6.64. The summed E-state index contributed by atoms with van der Waals surface area (Å²) in [6, 6.07) is 3.90. The maximum Gasteiger partial charge on any atom is 0.226 e. The van der Waals surface area contributed by atoms with Crippen molar-refractivity contribution in [1.29, 1.82) is 0 Å². The van der Waals surface area contributed by atoms with E-state index in [1.54, 1.807) is 4.90 Å². The molecule has 0 spiro atoms. The van der Waals surface area contributed by atoms with Crippen molar-refractivity contribution in [1.82, 2.24) is 4.90 Å². The molecule has 0 aliphatic carbocycles. The highest BCUT2D eigenvalue weighted by Crippen LogP contribution is 2.33. The van der Waals surface area contributed by atoms with E-state index in [4.69, 9.17) is 9.47 Å². The molecule has 2 rings (SSSR count). The van der Waals surface area contributed by atoms with Crippen molar-refractivity contribution in [2.45, 2.75) is 33.1 Å². The summed E-state index contributed by atoms with van der Waals surface area (Å²) in [4.78, 5) is 14.0. The van der Waals surface area contributed by atoms with E-state index in [2.05, 4.69) is 6.92 Å². The van der Waals surface area contributed by atoms with Crippen LogP contribution in [0.15, 0.2) is 12.1 Å². The monoisotopic (exact) mass is 277 g/mol. The average Bonchev–Trinajstić information content (AvgIpc) is 2.45. The fourth-order valence-corrected chi connectivity index (χ4v) is 2.24. The molecule has 1 aliphatic rings. The van der Waals surface area contributed by atoms with E-state index < -0.39 is 0 Å². The van der Waals surface area contributed by atoms with Crippen molar-refractivity contribution in [2.75, 3.05) is 26.8 Å². The Morgan fingerprint density at radius 3 is 2.55 bits per heavy atom. The number of carbonyl (C=O) groups is 1. The van der Waals surface area contributed by atoms with E-state index in [1.807, 2.05) is 26.1 Å². The highest BCUT2D eigenvalue weighted by atomic mass is 16.6. The lowest BCUT2D eigenvalue weighted by Crippen LogP contribution is -2.29. The fraction of sp³-hybridized carbons (Fsp3) is 0.562. The number of unbranched alkanes of at least 4 members (excludes halogenated alkanes) is 1. The maximum atomic E-state index is 12.2. The van der Waals surface area contributed by atoms with Gasteiger partial charge in [0.15, 0.2) is 11.5 Å². The van der Waals surface area contributed by atoms with Crippen molar-refractivity contribution < 1.29 is 14.3 Å². The lowest BCUT2D eigenvalue weighted by Gasteiger charge is -2.21. The van der Waals surface area contributed by atoms with E-state index in [0.29, 0.717) is 19.6 Å². The number of fused-ring (bicyclic) bond motifs is 1. The van der Waals surface area contributed by atoms with Gasteiger partial charge < -0.3 is 14.4 Å². The van der Waals surface area contributed by atoms with E-state index in [0.717, 1.165) is 42.0 Å². The van der Waals surface area contributed by atoms with Crippen molar-refractivity contribution in [3.63, 3.8) is 0 Å². The highest BCUT2D eigenvalue weighted by Gasteiger charge is 2.17. The van der Waals surface area contributed by atoms with Gasteiger partial charge >= 0.3 is 0 Å². The number of carbonyl (C=O) groups excluding carboxylic acids is 1. The minimum absolute atomic E-state index is 0.151. The van der Waals surface area contributed by atoms with Crippen LogP contribution in [-0.2, 0) is 11.2 Å². The summed E-state index contributed by atoms with van der Waals surface area (Å²) in [6.07, 6.45) is 2.56. The van der Waals surface area contributed by atoms with E-state index >= 15 is 0 Å². The molecule has 0 fully saturated rings. The summed E-state index contributed by atoms with van der Waals surface area (Å²) >= 11 is 0. The van der Waals surface area contributed by atoms with Gasteiger partial charge in [-0.3, -0.25) is 4.79 Å². The molecule has 0 saturated heterocycles. The predicted molar refractivity (Wildman–Crippen MR) is 78.4 cm³/mol. The third kappa shape index (κ3) is 3.44. The van der Waals surface area contributed by atoms with E-state index in [1.165, 1.54) is 0 Å². The predicted octanol–water partition coefficient (Wildman–Crippen LogP) is 2.57. The summed E-state index contributed by atoms with van der Waals surface area (Å²) < 4.78 is 11.1. The average molecular weight is 277 g/mol. The van der Waals surface area contributed by atoms with Crippen LogP contribution < -0.4 is 9.47 Å². The van der Waals surface area contributed by atoms with Crippen molar-refractivity contribution in [3.05, 3.63) is 23.3 Å². The molecule has 1 amide bonds. The molecular formula is C16H23NO3. The van der Waals surface area contributed by atoms with Gasteiger partial charge in [-0.2, -0.15) is 0 Å². The normalized spacial score (nSPS) is 13.2. The third-order valence-corrected chi connectivity index (χ3v) is 3.62. The third-order valence-electron chi connectivity index (χ3n) is 3.62. The van der Waals surface area contributed by atoms with Crippen LogP contribution >= 0.6 is 0 Å². The van der Waals surface area contributed by atoms with Crippen LogP contribution in [0.5, 0.6) is 11.5 Å². The first-order chi connectivity index (χ1) is 9.61. The van der Waals surface area contributed by atoms with Crippen LogP contribution in [0.4, 0.5) is 0 Å². The Morgan fingerprint density at radius 1 is 1.25 bits per heavy atom. The Kier molecular flexibility index (Phi) is 4.88. The number of aryl methyl sites for hydroxylation is 1. The van der Waals surface area contributed by atoms with Gasteiger partial charge in [0.25, 0.3) is 0 Å². The number of hydrogen-bond donors (Lipinski definition) is 0. The first kappa shape index (κ1) is 14.7. The van der Waals surface area contributed by atoms with Gasteiger partial charge in [0.05, 0.1) is 6.42 Å². The molecule has 0 unspecified atom stereocenters. The number of amides is 1. The number of hydrogen-bond acceptors (Lipinski definition) is 3. The largest absolute Gasteiger partial charge is 0.486 e. The molecule has 0 saturated carbocycles. The molecule has 1 heterocycles. The van der Waals surface area contributed by atoms with Gasteiger partial charge in [-0.15, -0.1) is 0 Å². The number of nitrogens with zero attached hydrogens (tertiary/aromatic N) is 1. The van der Waals surface area contributed by atoms with Gasteiger partial charge in [-0.25, -0.2) is 0 Å². The molecular weight excluding hydrogens is 254 g/mol. The lowest BCUT2D eigenvalue weighted by molar-refractivity contribution is -0.129. The van der Waals surface area contributed by atoms with Crippen LogP contribution in [0.2, 0.25) is 0 Å². The molecule has 0 radical (unpaired) electrons. The Bertz CT molecular complexity index is 485. The molecule has 20 heavy (non-hydrogen) atoms. The van der Waals surface area contributed by atoms with E-state index in [-0.39, 0.29) is 5.91 Å². The lowest BCUT2D eigenvalue weighted by atomic mass is 10.0. The quantitative estimate of drug-likeness (QED) is 0.830. The second-order valence-electron chi connectivity index (χ2n) is 5.27. The zero-order valence-electron chi connectivity index (χ0n) is 12.6. The topological polar surface area (TPSA) is 38.8 Å². The van der Waals surface area contributed by atoms with Gasteiger partial charge in [-0.1, -0.05) is 13.3 Å². The summed E-state index contributed by atoms with van der Waals surface area (Å²) in [5.41, 5.74) is 2.09. The van der Waals surface area contributed by atoms with Crippen molar-refractivity contribution >= 4 is 5.91 Å². The van der Waals surface area contributed by atoms with Gasteiger partial charge in [-0.05, 0) is 36.6 Å². The van der Waals surface area contributed by atoms with Crippen LogP contribution in [0.3, 0.4) is 0 Å². The molecule has 0 aromatic heterocycles. The molecule has 0 bridgehead atoms. The Labute approximate surface area is 120 Å². The van der Waals surface area contributed by atoms with Gasteiger partial charge in [0.1, 0.15) is 13.2 Å². The summed E-state index contributed by atoms with van der Waals surface area (Å²) in [6.45, 7) is 6.11. The van der Waals surface area contributed by atoms with Crippen LogP contribution in [0.1, 0.15) is 30.9 Å².